The van der Waals surface area contributed by atoms with Crippen LogP contribution in [0.15, 0.2) is 30.7 Å². The summed E-state index contributed by atoms with van der Waals surface area (Å²) in [7, 11) is 1.91. The Hall–Kier alpha value is -1.72. The fourth-order valence-corrected chi connectivity index (χ4v) is 1.84. The fourth-order valence-electron chi connectivity index (χ4n) is 1.84. The maximum atomic E-state index is 9.23. The highest BCUT2D eigenvalue weighted by molar-refractivity contribution is 5.61. The molecule has 2 aromatic heterocycles. The molecule has 0 radical (unpaired) electrons. The second kappa shape index (κ2) is 5.75. The van der Waals surface area contributed by atoms with Crippen molar-refractivity contribution < 1.29 is 5.11 Å². The zero-order chi connectivity index (χ0) is 13.0. The molecule has 0 bridgehead atoms. The monoisotopic (exact) mass is 246 g/mol. The minimum atomic E-state index is -0.342. The number of nitrogens with one attached hydrogen (secondary N) is 1. The highest BCUT2D eigenvalue weighted by Crippen LogP contribution is 2.20. The van der Waals surface area contributed by atoms with Crippen molar-refractivity contribution in [3.05, 3.63) is 36.3 Å². The van der Waals surface area contributed by atoms with Gasteiger partial charge in [-0.1, -0.05) is 0 Å². The van der Waals surface area contributed by atoms with E-state index in [-0.39, 0.29) is 6.10 Å². The van der Waals surface area contributed by atoms with Crippen molar-refractivity contribution in [2.75, 3.05) is 6.54 Å². The van der Waals surface area contributed by atoms with Gasteiger partial charge in [-0.05, 0) is 19.1 Å². The molecule has 0 amide bonds. The zero-order valence-electron chi connectivity index (χ0n) is 10.7. The number of hydrogen-bond acceptors (Lipinski definition) is 4. The average molecular weight is 246 g/mol. The van der Waals surface area contributed by atoms with Crippen molar-refractivity contribution in [1.29, 1.82) is 0 Å². The predicted octanol–water partition coefficient (Wildman–Crippen LogP) is 0.952. The van der Waals surface area contributed by atoms with Gasteiger partial charge in [0.05, 0.1) is 11.8 Å². The second-order valence-corrected chi connectivity index (χ2v) is 4.39. The van der Waals surface area contributed by atoms with Crippen LogP contribution in [0.25, 0.3) is 11.3 Å². The lowest BCUT2D eigenvalue weighted by Crippen LogP contribution is -2.23. The smallest absolute Gasteiger partial charge is 0.0969 e. The van der Waals surface area contributed by atoms with E-state index in [4.69, 9.17) is 0 Å². The van der Waals surface area contributed by atoms with Crippen LogP contribution in [0.4, 0.5) is 0 Å². The van der Waals surface area contributed by atoms with E-state index >= 15 is 0 Å². The molecule has 0 aliphatic rings. The van der Waals surface area contributed by atoms with E-state index in [1.807, 2.05) is 25.4 Å². The van der Waals surface area contributed by atoms with Crippen LogP contribution in [0.1, 0.15) is 12.5 Å². The van der Waals surface area contributed by atoms with Crippen molar-refractivity contribution in [2.24, 2.45) is 7.05 Å². The third kappa shape index (κ3) is 3.15. The van der Waals surface area contributed by atoms with Gasteiger partial charge in [-0.25, -0.2) is 0 Å². The molecule has 5 nitrogen and oxygen atoms in total. The summed E-state index contributed by atoms with van der Waals surface area (Å²) in [5.74, 6) is 0. The Balaban J connectivity index is 2.16. The first-order valence-electron chi connectivity index (χ1n) is 5.98. The Morgan fingerprint density at radius 1 is 1.39 bits per heavy atom. The van der Waals surface area contributed by atoms with E-state index < -0.39 is 0 Å². The minimum absolute atomic E-state index is 0.342. The highest BCUT2D eigenvalue weighted by Gasteiger charge is 2.09. The van der Waals surface area contributed by atoms with Gasteiger partial charge < -0.3 is 10.4 Å². The van der Waals surface area contributed by atoms with E-state index in [2.05, 4.69) is 15.4 Å². The first-order chi connectivity index (χ1) is 8.66. The van der Waals surface area contributed by atoms with Gasteiger partial charge in [0.1, 0.15) is 0 Å². The Kier molecular flexibility index (Phi) is 4.07. The van der Waals surface area contributed by atoms with Crippen molar-refractivity contribution >= 4 is 0 Å². The highest BCUT2D eigenvalue weighted by atomic mass is 16.3. The molecule has 0 fully saturated rings. The van der Waals surface area contributed by atoms with Gasteiger partial charge in [-0.2, -0.15) is 5.10 Å². The lowest BCUT2D eigenvalue weighted by Gasteiger charge is -2.06. The fraction of sp³-hybridized carbons (Fsp3) is 0.385. The molecule has 0 saturated carbocycles. The number of aliphatic hydroxyl groups excluding tert-OH is 1. The van der Waals surface area contributed by atoms with Crippen molar-refractivity contribution in [1.82, 2.24) is 20.1 Å². The van der Waals surface area contributed by atoms with E-state index in [1.165, 1.54) is 0 Å². The zero-order valence-corrected chi connectivity index (χ0v) is 10.7. The summed E-state index contributed by atoms with van der Waals surface area (Å²) in [5.41, 5.74) is 3.13. The van der Waals surface area contributed by atoms with Crippen molar-refractivity contribution in [3.8, 4) is 11.3 Å². The second-order valence-electron chi connectivity index (χ2n) is 4.39. The first-order valence-corrected chi connectivity index (χ1v) is 5.98. The molecule has 1 unspecified atom stereocenters. The van der Waals surface area contributed by atoms with Gasteiger partial charge in [-0.15, -0.1) is 0 Å². The maximum absolute atomic E-state index is 9.23. The van der Waals surface area contributed by atoms with E-state index in [9.17, 15) is 5.11 Å². The van der Waals surface area contributed by atoms with Crippen molar-refractivity contribution in [3.63, 3.8) is 0 Å². The third-order valence-electron chi connectivity index (χ3n) is 2.61. The molecule has 96 valence electrons. The average Bonchev–Trinajstić information content (AvgIpc) is 2.71. The van der Waals surface area contributed by atoms with E-state index in [0.29, 0.717) is 13.1 Å². The van der Waals surface area contributed by atoms with Crippen LogP contribution in [-0.4, -0.2) is 32.5 Å². The minimum Gasteiger partial charge on any atom is -0.392 e. The van der Waals surface area contributed by atoms with Crippen LogP contribution in [0.3, 0.4) is 0 Å². The van der Waals surface area contributed by atoms with Gasteiger partial charge in [0.25, 0.3) is 0 Å². The molecule has 0 aliphatic heterocycles. The van der Waals surface area contributed by atoms with Gasteiger partial charge in [0.2, 0.25) is 0 Å². The molecule has 18 heavy (non-hydrogen) atoms. The first kappa shape index (κ1) is 12.7. The summed E-state index contributed by atoms with van der Waals surface area (Å²) < 4.78 is 1.80. The molecule has 1 atom stereocenters. The van der Waals surface area contributed by atoms with Crippen LogP contribution in [-0.2, 0) is 13.6 Å². The molecule has 0 spiro atoms. The number of aryl methyl sites for hydroxylation is 1. The summed E-state index contributed by atoms with van der Waals surface area (Å²) in [5, 5.41) is 16.9. The molecule has 2 heterocycles. The topological polar surface area (TPSA) is 63.0 Å². The lowest BCUT2D eigenvalue weighted by atomic mass is 10.1. The molecule has 0 saturated heterocycles. The maximum Gasteiger partial charge on any atom is 0.0969 e. The predicted molar refractivity (Wildman–Crippen MR) is 69.8 cm³/mol. The molecule has 0 aliphatic carbocycles. The number of pyridine rings is 1. The van der Waals surface area contributed by atoms with E-state index in [0.717, 1.165) is 16.8 Å². The lowest BCUT2D eigenvalue weighted by molar-refractivity contribution is 0.191. The number of nitrogens with zero attached hydrogens (tertiary/aromatic N) is 3. The molecule has 5 heteroatoms. The largest absolute Gasteiger partial charge is 0.392 e. The van der Waals surface area contributed by atoms with Gasteiger partial charge in [-0.3, -0.25) is 9.67 Å². The summed E-state index contributed by atoms with van der Waals surface area (Å²) in [4.78, 5) is 4.01. The molecular formula is C13H18N4O. The van der Waals surface area contributed by atoms with Gasteiger partial charge in [0, 0.05) is 49.9 Å². The summed E-state index contributed by atoms with van der Waals surface area (Å²) in [6, 6.07) is 3.89. The quantitative estimate of drug-likeness (QED) is 0.824. The summed E-state index contributed by atoms with van der Waals surface area (Å²) >= 11 is 0. The molecule has 2 N–H and O–H groups in total. The number of hydrogen-bond donors (Lipinski definition) is 2. The van der Waals surface area contributed by atoms with Crippen LogP contribution in [0.2, 0.25) is 0 Å². The van der Waals surface area contributed by atoms with Crippen LogP contribution < -0.4 is 5.32 Å². The molecular weight excluding hydrogens is 228 g/mol. The number of aliphatic hydroxyl groups is 1. The third-order valence-corrected chi connectivity index (χ3v) is 2.61. The summed E-state index contributed by atoms with van der Waals surface area (Å²) in [6.07, 6.45) is 5.17. The Morgan fingerprint density at radius 3 is 2.78 bits per heavy atom. The van der Waals surface area contributed by atoms with E-state index in [1.54, 1.807) is 24.0 Å². The number of aromatic nitrogens is 3. The Bertz CT molecular complexity index is 493. The molecule has 0 aromatic carbocycles. The standard InChI is InChI=1S/C13H18N4O/c1-10(18)7-15-8-12-9-17(2)16-13(12)11-3-5-14-6-4-11/h3-6,9-10,15,18H,7-8H2,1-2H3. The van der Waals surface area contributed by atoms with Gasteiger partial charge in [0.15, 0.2) is 0 Å². The van der Waals surface area contributed by atoms with Crippen molar-refractivity contribution in [2.45, 2.75) is 19.6 Å². The SMILES string of the molecule is CC(O)CNCc1cn(C)nc1-c1ccncc1. The van der Waals surface area contributed by atoms with Crippen LogP contribution >= 0.6 is 0 Å². The van der Waals surface area contributed by atoms with Crippen LogP contribution in [0.5, 0.6) is 0 Å². The summed E-state index contributed by atoms with van der Waals surface area (Å²) in [6.45, 7) is 3.03. The Labute approximate surface area is 106 Å². The normalized spacial score (nSPS) is 12.6. The van der Waals surface area contributed by atoms with Gasteiger partial charge >= 0.3 is 0 Å². The Morgan fingerprint density at radius 2 is 2.11 bits per heavy atom. The molecule has 2 rings (SSSR count). The van der Waals surface area contributed by atoms with Crippen LogP contribution in [0, 0.1) is 0 Å². The number of rotatable bonds is 5. The molecule has 2 aromatic rings.